The Bertz CT molecular complexity index is 943. The topological polar surface area (TPSA) is 41.6 Å². The summed E-state index contributed by atoms with van der Waals surface area (Å²) in [6.45, 7) is 0. The Morgan fingerprint density at radius 1 is 0.810 bits per heavy atom. The number of imidazole rings is 1. The second-order valence-electron chi connectivity index (χ2n) is 4.76. The normalized spacial score (nSPS) is 11.3. The van der Waals surface area contributed by atoms with Crippen molar-refractivity contribution < 1.29 is 8.78 Å². The Morgan fingerprint density at radius 3 is 2.48 bits per heavy atom. The molecule has 0 aliphatic carbocycles. The van der Waals surface area contributed by atoms with Crippen LogP contribution in [0.1, 0.15) is 0 Å². The van der Waals surface area contributed by atoms with Crippen LogP contribution in [0.15, 0.2) is 48.5 Å². The van der Waals surface area contributed by atoms with Gasteiger partial charge in [0.1, 0.15) is 5.69 Å². The molecule has 0 amide bonds. The average Bonchev–Trinajstić information content (AvgIpc) is 2.92. The highest BCUT2D eigenvalue weighted by molar-refractivity contribution is 5.83. The number of fused-ring (bicyclic) bond motifs is 2. The fourth-order valence-electron chi connectivity index (χ4n) is 2.32. The number of pyridine rings is 1. The Hall–Kier alpha value is -2.82. The predicted molar refractivity (Wildman–Crippen MR) is 76.7 cm³/mol. The fraction of sp³-hybridized carbons (Fsp3) is 0. The van der Waals surface area contributed by atoms with E-state index in [1.54, 1.807) is 12.1 Å². The SMILES string of the molecule is Fc1cc2ccc(-c3nc4ccccc4[nH]3)nc2cc1F. The highest BCUT2D eigenvalue weighted by Crippen LogP contribution is 2.23. The van der Waals surface area contributed by atoms with Crippen LogP contribution in [0.2, 0.25) is 0 Å². The van der Waals surface area contributed by atoms with Gasteiger partial charge in [-0.1, -0.05) is 18.2 Å². The van der Waals surface area contributed by atoms with Gasteiger partial charge >= 0.3 is 0 Å². The van der Waals surface area contributed by atoms with Crippen molar-refractivity contribution in [3.05, 3.63) is 60.2 Å². The summed E-state index contributed by atoms with van der Waals surface area (Å²) in [6.07, 6.45) is 0. The van der Waals surface area contributed by atoms with Crippen molar-refractivity contribution in [3.8, 4) is 11.5 Å². The average molecular weight is 281 g/mol. The van der Waals surface area contributed by atoms with E-state index in [1.807, 2.05) is 24.3 Å². The lowest BCUT2D eigenvalue weighted by molar-refractivity contribution is 0.510. The molecule has 21 heavy (non-hydrogen) atoms. The number of para-hydroxylation sites is 2. The zero-order valence-electron chi connectivity index (χ0n) is 10.8. The summed E-state index contributed by atoms with van der Waals surface area (Å²) in [6, 6.07) is 13.3. The molecule has 0 bridgehead atoms. The number of aromatic amines is 1. The summed E-state index contributed by atoms with van der Waals surface area (Å²) in [7, 11) is 0. The van der Waals surface area contributed by atoms with E-state index in [0.717, 1.165) is 23.2 Å². The minimum Gasteiger partial charge on any atom is -0.337 e. The van der Waals surface area contributed by atoms with E-state index >= 15 is 0 Å². The van der Waals surface area contributed by atoms with E-state index in [1.165, 1.54) is 0 Å². The van der Waals surface area contributed by atoms with Gasteiger partial charge in [-0.15, -0.1) is 0 Å². The van der Waals surface area contributed by atoms with Gasteiger partial charge in [-0.25, -0.2) is 18.7 Å². The highest BCUT2D eigenvalue weighted by Gasteiger charge is 2.09. The number of benzene rings is 2. The first-order chi connectivity index (χ1) is 10.2. The van der Waals surface area contributed by atoms with Crippen LogP contribution < -0.4 is 0 Å². The summed E-state index contributed by atoms with van der Waals surface area (Å²) >= 11 is 0. The van der Waals surface area contributed by atoms with E-state index in [4.69, 9.17) is 0 Å². The molecule has 0 radical (unpaired) electrons. The summed E-state index contributed by atoms with van der Waals surface area (Å²) in [5, 5.41) is 0.550. The van der Waals surface area contributed by atoms with Gasteiger partial charge in [0, 0.05) is 11.5 Å². The van der Waals surface area contributed by atoms with Crippen molar-refractivity contribution in [2.45, 2.75) is 0 Å². The lowest BCUT2D eigenvalue weighted by Gasteiger charge is -2.01. The number of aromatic nitrogens is 3. The first-order valence-electron chi connectivity index (χ1n) is 6.42. The van der Waals surface area contributed by atoms with Gasteiger partial charge < -0.3 is 4.98 Å². The fourth-order valence-corrected chi connectivity index (χ4v) is 2.32. The number of hydrogen-bond acceptors (Lipinski definition) is 2. The van der Waals surface area contributed by atoms with E-state index < -0.39 is 11.6 Å². The molecule has 102 valence electrons. The van der Waals surface area contributed by atoms with Crippen molar-refractivity contribution >= 4 is 21.9 Å². The third-order valence-corrected chi connectivity index (χ3v) is 3.36. The molecular formula is C16H9F2N3. The lowest BCUT2D eigenvalue weighted by atomic mass is 10.2. The van der Waals surface area contributed by atoms with Gasteiger partial charge in [0.15, 0.2) is 17.5 Å². The zero-order valence-corrected chi connectivity index (χ0v) is 10.8. The van der Waals surface area contributed by atoms with Crippen LogP contribution in [0, 0.1) is 11.6 Å². The van der Waals surface area contributed by atoms with Crippen LogP contribution in [0.5, 0.6) is 0 Å². The molecule has 2 aromatic carbocycles. The molecule has 4 aromatic rings. The highest BCUT2D eigenvalue weighted by atomic mass is 19.2. The quantitative estimate of drug-likeness (QED) is 0.571. The van der Waals surface area contributed by atoms with Crippen LogP contribution >= 0.6 is 0 Å². The van der Waals surface area contributed by atoms with Crippen LogP contribution in [-0.2, 0) is 0 Å². The van der Waals surface area contributed by atoms with E-state index in [2.05, 4.69) is 15.0 Å². The van der Waals surface area contributed by atoms with Crippen molar-refractivity contribution in [1.29, 1.82) is 0 Å². The third kappa shape index (κ3) is 1.94. The van der Waals surface area contributed by atoms with E-state index in [9.17, 15) is 8.78 Å². The molecule has 1 N–H and O–H groups in total. The minimum absolute atomic E-state index is 0.395. The Morgan fingerprint density at radius 2 is 1.62 bits per heavy atom. The first kappa shape index (κ1) is 12.0. The molecule has 0 aliphatic rings. The largest absolute Gasteiger partial charge is 0.337 e. The summed E-state index contributed by atoms with van der Waals surface area (Å²) < 4.78 is 26.5. The molecule has 3 nitrogen and oxygen atoms in total. The standard InChI is InChI=1S/C16H9F2N3/c17-10-7-9-5-6-14(19-15(9)8-11(10)18)16-20-12-3-1-2-4-13(12)21-16/h1-8H,(H,20,21). The molecule has 0 fully saturated rings. The second-order valence-corrected chi connectivity index (χ2v) is 4.76. The van der Waals surface area contributed by atoms with Gasteiger partial charge in [-0.3, -0.25) is 0 Å². The van der Waals surface area contributed by atoms with E-state index in [0.29, 0.717) is 22.4 Å². The van der Waals surface area contributed by atoms with Crippen LogP contribution in [0.4, 0.5) is 8.78 Å². The number of hydrogen-bond donors (Lipinski definition) is 1. The van der Waals surface area contributed by atoms with Gasteiger partial charge in [0.25, 0.3) is 0 Å². The lowest BCUT2D eigenvalue weighted by Crippen LogP contribution is -1.90. The van der Waals surface area contributed by atoms with Crippen molar-refractivity contribution in [1.82, 2.24) is 15.0 Å². The molecular weight excluding hydrogens is 272 g/mol. The maximum Gasteiger partial charge on any atom is 0.161 e. The maximum absolute atomic E-state index is 13.3. The molecule has 0 aliphatic heterocycles. The van der Waals surface area contributed by atoms with Crippen molar-refractivity contribution in [3.63, 3.8) is 0 Å². The van der Waals surface area contributed by atoms with Crippen molar-refractivity contribution in [2.24, 2.45) is 0 Å². The van der Waals surface area contributed by atoms with Gasteiger partial charge in [0.05, 0.1) is 16.6 Å². The number of halogens is 2. The smallest absolute Gasteiger partial charge is 0.161 e. The number of H-pyrrole nitrogens is 1. The Labute approximate surface area is 118 Å². The van der Waals surface area contributed by atoms with Crippen LogP contribution in [-0.4, -0.2) is 15.0 Å². The first-order valence-corrected chi connectivity index (χ1v) is 6.42. The molecule has 5 heteroatoms. The molecule has 2 aromatic heterocycles. The van der Waals surface area contributed by atoms with Gasteiger partial charge in [0.2, 0.25) is 0 Å². The second kappa shape index (κ2) is 4.34. The third-order valence-electron chi connectivity index (χ3n) is 3.36. The molecule has 0 spiro atoms. The summed E-state index contributed by atoms with van der Waals surface area (Å²) in [5.74, 6) is -1.18. The number of nitrogens with zero attached hydrogens (tertiary/aromatic N) is 2. The molecule has 4 rings (SSSR count). The van der Waals surface area contributed by atoms with Gasteiger partial charge in [-0.05, 0) is 24.3 Å². The molecule has 2 heterocycles. The monoisotopic (exact) mass is 281 g/mol. The number of rotatable bonds is 1. The number of nitrogens with one attached hydrogen (secondary N) is 1. The molecule has 0 atom stereocenters. The zero-order chi connectivity index (χ0) is 14.4. The molecule has 0 saturated heterocycles. The summed E-state index contributed by atoms with van der Waals surface area (Å²) in [5.41, 5.74) is 2.72. The predicted octanol–water partition coefficient (Wildman–Crippen LogP) is 4.06. The molecule has 0 saturated carbocycles. The Kier molecular flexibility index (Phi) is 2.47. The Balaban J connectivity index is 1.91. The molecule has 0 unspecified atom stereocenters. The van der Waals surface area contributed by atoms with E-state index in [-0.39, 0.29) is 0 Å². The maximum atomic E-state index is 13.3. The van der Waals surface area contributed by atoms with Crippen molar-refractivity contribution in [2.75, 3.05) is 0 Å². The van der Waals surface area contributed by atoms with Gasteiger partial charge in [-0.2, -0.15) is 0 Å². The van der Waals surface area contributed by atoms with Crippen LogP contribution in [0.3, 0.4) is 0 Å². The summed E-state index contributed by atoms with van der Waals surface area (Å²) in [4.78, 5) is 11.9. The van der Waals surface area contributed by atoms with Crippen LogP contribution in [0.25, 0.3) is 33.5 Å². The minimum atomic E-state index is -0.906.